The van der Waals surface area contributed by atoms with Crippen LogP contribution in [0.4, 0.5) is 0 Å². The van der Waals surface area contributed by atoms with Crippen molar-refractivity contribution in [1.82, 2.24) is 9.13 Å². The van der Waals surface area contributed by atoms with Crippen LogP contribution >= 0.6 is 0 Å². The molecule has 0 saturated carbocycles. The first-order valence-corrected chi connectivity index (χ1v) is 18.5. The number of para-hydroxylation sites is 3. The minimum atomic E-state index is -0.166. The van der Waals surface area contributed by atoms with Gasteiger partial charge in [0.15, 0.2) is 0 Å². The van der Waals surface area contributed by atoms with Crippen LogP contribution in [0.2, 0.25) is 0 Å². The second-order valence-corrected chi connectivity index (χ2v) is 15.0. The smallest absolute Gasteiger partial charge is 0.0541 e. The zero-order valence-electron chi connectivity index (χ0n) is 29.7. The van der Waals surface area contributed by atoms with E-state index in [1.807, 2.05) is 0 Å². The molecule has 1 aliphatic carbocycles. The van der Waals surface area contributed by atoms with Crippen LogP contribution in [0.25, 0.3) is 88.4 Å². The van der Waals surface area contributed by atoms with Crippen LogP contribution in [0.15, 0.2) is 182 Å². The number of fused-ring (bicyclic) bond motifs is 9. The molecule has 2 heterocycles. The maximum Gasteiger partial charge on any atom is 0.0541 e. The molecule has 2 nitrogen and oxygen atoms in total. The first-order chi connectivity index (χ1) is 26.1. The number of benzene rings is 8. The Morgan fingerprint density at radius 2 is 0.906 bits per heavy atom. The zero-order valence-corrected chi connectivity index (χ0v) is 29.7. The molecule has 0 amide bonds. The summed E-state index contributed by atoms with van der Waals surface area (Å²) in [5.41, 5.74) is 17.5. The fourth-order valence-corrected chi connectivity index (χ4v) is 9.23. The Morgan fingerprint density at radius 1 is 0.340 bits per heavy atom. The van der Waals surface area contributed by atoms with Gasteiger partial charge in [0.1, 0.15) is 0 Å². The van der Waals surface area contributed by atoms with Gasteiger partial charge in [0.25, 0.3) is 0 Å². The van der Waals surface area contributed by atoms with E-state index in [1.54, 1.807) is 0 Å². The van der Waals surface area contributed by atoms with E-state index in [0.717, 1.165) is 0 Å². The van der Waals surface area contributed by atoms with E-state index in [2.05, 4.69) is 205 Å². The molecule has 0 aliphatic heterocycles. The van der Waals surface area contributed by atoms with Crippen LogP contribution < -0.4 is 0 Å². The molecule has 10 aromatic rings. The molecular weight excluding hydrogens is 641 g/mol. The van der Waals surface area contributed by atoms with Gasteiger partial charge in [-0.15, -0.1) is 0 Å². The first-order valence-electron chi connectivity index (χ1n) is 18.5. The van der Waals surface area contributed by atoms with E-state index >= 15 is 0 Å². The van der Waals surface area contributed by atoms with Crippen LogP contribution in [0.5, 0.6) is 0 Å². The standard InChI is InChI=1S/C51H36N2/c1-51(2)44-22-13-21-38(35-16-12-17-36(30-35)52-46-23-9-6-18-39(46)40-19-7-10-24-47(40)52)50(44)42-28-27-37(32-45(42)51)53-48-25-11-8-20-41(48)43-31-34(26-29-49(43)53)33-14-4-3-5-15-33/h3-32H,1-2H3. The Morgan fingerprint density at radius 3 is 1.60 bits per heavy atom. The minimum absolute atomic E-state index is 0.166. The summed E-state index contributed by atoms with van der Waals surface area (Å²) in [6.45, 7) is 4.77. The summed E-state index contributed by atoms with van der Waals surface area (Å²) in [5.74, 6) is 0. The largest absolute Gasteiger partial charge is 0.309 e. The number of rotatable bonds is 4. The van der Waals surface area contributed by atoms with Crippen LogP contribution in [-0.4, -0.2) is 9.13 Å². The molecule has 0 unspecified atom stereocenters. The van der Waals surface area contributed by atoms with Gasteiger partial charge < -0.3 is 9.13 Å². The number of hydrogen-bond donors (Lipinski definition) is 0. The third kappa shape index (κ3) is 4.33. The Bertz CT molecular complexity index is 3030. The molecule has 53 heavy (non-hydrogen) atoms. The van der Waals surface area contributed by atoms with Crippen molar-refractivity contribution in [2.24, 2.45) is 0 Å². The average Bonchev–Trinajstić information content (AvgIpc) is 3.81. The van der Waals surface area contributed by atoms with Crippen LogP contribution in [0, 0.1) is 0 Å². The highest BCUT2D eigenvalue weighted by molar-refractivity contribution is 6.11. The highest BCUT2D eigenvalue weighted by Gasteiger charge is 2.37. The van der Waals surface area contributed by atoms with Crippen LogP contribution in [-0.2, 0) is 5.41 Å². The van der Waals surface area contributed by atoms with Crippen molar-refractivity contribution in [3.8, 4) is 44.8 Å². The molecule has 1 aliphatic rings. The third-order valence-electron chi connectivity index (χ3n) is 11.7. The molecule has 0 bridgehead atoms. The van der Waals surface area contributed by atoms with Gasteiger partial charge in [0, 0.05) is 38.3 Å². The summed E-state index contributed by atoms with van der Waals surface area (Å²) in [5, 5.41) is 5.10. The van der Waals surface area contributed by atoms with Gasteiger partial charge in [-0.3, -0.25) is 0 Å². The minimum Gasteiger partial charge on any atom is -0.309 e. The molecule has 0 radical (unpaired) electrons. The molecule has 250 valence electrons. The van der Waals surface area contributed by atoms with Crippen molar-refractivity contribution < 1.29 is 0 Å². The van der Waals surface area contributed by atoms with E-state index in [-0.39, 0.29) is 5.41 Å². The summed E-state index contributed by atoms with van der Waals surface area (Å²) < 4.78 is 4.87. The Hall–Kier alpha value is -6.64. The molecular formula is C51H36N2. The Labute approximate surface area is 308 Å². The molecule has 2 heteroatoms. The van der Waals surface area contributed by atoms with E-state index in [0.29, 0.717) is 0 Å². The molecule has 8 aromatic carbocycles. The van der Waals surface area contributed by atoms with E-state index < -0.39 is 0 Å². The van der Waals surface area contributed by atoms with E-state index in [1.165, 1.54) is 99.5 Å². The van der Waals surface area contributed by atoms with E-state index in [4.69, 9.17) is 0 Å². The first kappa shape index (κ1) is 30.0. The van der Waals surface area contributed by atoms with Crippen molar-refractivity contribution in [1.29, 1.82) is 0 Å². The lowest BCUT2D eigenvalue weighted by atomic mass is 9.82. The summed E-state index contributed by atoms with van der Waals surface area (Å²) >= 11 is 0. The van der Waals surface area contributed by atoms with Gasteiger partial charge in [-0.1, -0.05) is 141 Å². The zero-order chi connectivity index (χ0) is 35.3. The third-order valence-corrected chi connectivity index (χ3v) is 11.7. The van der Waals surface area contributed by atoms with Gasteiger partial charge in [0.05, 0.1) is 22.1 Å². The normalized spacial score (nSPS) is 13.2. The van der Waals surface area contributed by atoms with Crippen LogP contribution in [0.3, 0.4) is 0 Å². The molecule has 0 saturated heterocycles. The summed E-state index contributed by atoms with van der Waals surface area (Å²) in [6, 6.07) is 67.0. The van der Waals surface area contributed by atoms with Gasteiger partial charge >= 0.3 is 0 Å². The van der Waals surface area contributed by atoms with Crippen molar-refractivity contribution in [3.05, 3.63) is 193 Å². The predicted octanol–water partition coefficient (Wildman–Crippen LogP) is 13.5. The second kappa shape index (κ2) is 11.2. The Balaban J connectivity index is 1.07. The number of nitrogens with zero attached hydrogens (tertiary/aromatic N) is 2. The molecule has 0 spiro atoms. The van der Waals surface area contributed by atoms with Crippen molar-refractivity contribution >= 4 is 43.6 Å². The highest BCUT2D eigenvalue weighted by Crippen LogP contribution is 2.53. The number of hydrogen-bond acceptors (Lipinski definition) is 0. The topological polar surface area (TPSA) is 9.86 Å². The van der Waals surface area contributed by atoms with Crippen molar-refractivity contribution in [2.75, 3.05) is 0 Å². The monoisotopic (exact) mass is 676 g/mol. The van der Waals surface area contributed by atoms with Crippen molar-refractivity contribution in [2.45, 2.75) is 19.3 Å². The molecule has 2 aromatic heterocycles. The van der Waals surface area contributed by atoms with Gasteiger partial charge in [-0.25, -0.2) is 0 Å². The lowest BCUT2D eigenvalue weighted by Gasteiger charge is -2.22. The summed E-state index contributed by atoms with van der Waals surface area (Å²) in [6.07, 6.45) is 0. The lowest BCUT2D eigenvalue weighted by molar-refractivity contribution is 0.660. The maximum atomic E-state index is 2.45. The second-order valence-electron chi connectivity index (χ2n) is 15.0. The van der Waals surface area contributed by atoms with Gasteiger partial charge in [0.2, 0.25) is 0 Å². The highest BCUT2D eigenvalue weighted by atomic mass is 15.0. The summed E-state index contributed by atoms with van der Waals surface area (Å²) in [7, 11) is 0. The molecule has 0 fully saturated rings. The SMILES string of the molecule is CC1(C)c2cc(-n3c4ccccc4c4cc(-c5ccccc5)ccc43)ccc2-c2c(-c3cccc(-n4c5ccccc5c5ccccc54)c3)cccc21. The van der Waals surface area contributed by atoms with Gasteiger partial charge in [-0.05, 0) is 99.1 Å². The predicted molar refractivity (Wildman–Crippen MR) is 224 cm³/mol. The average molecular weight is 677 g/mol. The quantitative estimate of drug-likeness (QED) is 0.176. The molecule has 0 atom stereocenters. The van der Waals surface area contributed by atoms with Crippen LogP contribution in [0.1, 0.15) is 25.0 Å². The lowest BCUT2D eigenvalue weighted by Crippen LogP contribution is -2.15. The molecule has 0 N–H and O–H groups in total. The van der Waals surface area contributed by atoms with Crippen molar-refractivity contribution in [3.63, 3.8) is 0 Å². The fourth-order valence-electron chi connectivity index (χ4n) is 9.23. The van der Waals surface area contributed by atoms with Gasteiger partial charge in [-0.2, -0.15) is 0 Å². The summed E-state index contributed by atoms with van der Waals surface area (Å²) in [4.78, 5) is 0. The maximum absolute atomic E-state index is 2.45. The number of aromatic nitrogens is 2. The molecule has 11 rings (SSSR count). The fraction of sp³-hybridized carbons (Fsp3) is 0.0588. The van der Waals surface area contributed by atoms with E-state index in [9.17, 15) is 0 Å². The Kier molecular flexibility index (Phi) is 6.33.